The van der Waals surface area contributed by atoms with Gasteiger partial charge in [0.2, 0.25) is 0 Å². The SMILES string of the molecule is COCCC(C)(C)CN=C(N)N1CCOCC1.I. The molecule has 1 rings (SSSR count). The first-order valence-corrected chi connectivity index (χ1v) is 6.17. The van der Waals surface area contributed by atoms with Crippen LogP contribution >= 0.6 is 24.0 Å². The Bertz CT molecular complexity index is 254. The zero-order valence-electron chi connectivity index (χ0n) is 11.6. The number of ether oxygens (including phenoxy) is 2. The maximum Gasteiger partial charge on any atom is 0.191 e. The van der Waals surface area contributed by atoms with Gasteiger partial charge in [-0.05, 0) is 11.8 Å². The zero-order chi connectivity index (χ0) is 12.7. The van der Waals surface area contributed by atoms with E-state index >= 15 is 0 Å². The second-order valence-corrected chi connectivity index (χ2v) is 5.18. The van der Waals surface area contributed by atoms with Crippen molar-refractivity contribution in [3.05, 3.63) is 0 Å². The molecule has 2 N–H and O–H groups in total. The zero-order valence-corrected chi connectivity index (χ0v) is 14.0. The molecule has 5 nitrogen and oxygen atoms in total. The summed E-state index contributed by atoms with van der Waals surface area (Å²) in [7, 11) is 1.72. The number of halogens is 1. The first-order chi connectivity index (χ1) is 8.05. The summed E-state index contributed by atoms with van der Waals surface area (Å²) < 4.78 is 10.4. The van der Waals surface area contributed by atoms with Crippen LogP contribution in [0.4, 0.5) is 0 Å². The van der Waals surface area contributed by atoms with Crippen molar-refractivity contribution in [2.24, 2.45) is 16.1 Å². The number of methoxy groups -OCH3 is 1. The van der Waals surface area contributed by atoms with Gasteiger partial charge in [0.15, 0.2) is 5.96 Å². The van der Waals surface area contributed by atoms with Crippen LogP contribution in [-0.4, -0.2) is 57.4 Å². The number of hydrogen-bond acceptors (Lipinski definition) is 3. The van der Waals surface area contributed by atoms with E-state index in [0.717, 1.165) is 45.9 Å². The van der Waals surface area contributed by atoms with Gasteiger partial charge in [0.25, 0.3) is 0 Å². The average molecular weight is 371 g/mol. The smallest absolute Gasteiger partial charge is 0.191 e. The predicted molar refractivity (Wildman–Crippen MR) is 84.6 cm³/mol. The molecule has 0 bridgehead atoms. The lowest BCUT2D eigenvalue weighted by molar-refractivity contribution is 0.0672. The molecule has 6 heteroatoms. The molecule has 0 aliphatic carbocycles. The Labute approximate surface area is 127 Å². The highest BCUT2D eigenvalue weighted by molar-refractivity contribution is 14.0. The van der Waals surface area contributed by atoms with Gasteiger partial charge in [-0.15, -0.1) is 24.0 Å². The van der Waals surface area contributed by atoms with E-state index in [0.29, 0.717) is 5.96 Å². The van der Waals surface area contributed by atoms with Crippen molar-refractivity contribution in [3.63, 3.8) is 0 Å². The standard InChI is InChI=1S/C12H25N3O2.HI/c1-12(2,4-7-16-3)10-14-11(13)15-5-8-17-9-6-15;/h4-10H2,1-3H3,(H2,13,14);1H. The molecule has 1 fully saturated rings. The largest absolute Gasteiger partial charge is 0.385 e. The fourth-order valence-electron chi connectivity index (χ4n) is 1.64. The van der Waals surface area contributed by atoms with Gasteiger partial charge in [0.1, 0.15) is 0 Å². The van der Waals surface area contributed by atoms with Crippen LogP contribution in [0, 0.1) is 5.41 Å². The summed E-state index contributed by atoms with van der Waals surface area (Å²) in [6.45, 7) is 9.03. The highest BCUT2D eigenvalue weighted by Gasteiger charge is 2.18. The minimum atomic E-state index is 0. The fourth-order valence-corrected chi connectivity index (χ4v) is 1.64. The molecule has 0 aromatic heterocycles. The summed E-state index contributed by atoms with van der Waals surface area (Å²) in [6.07, 6.45) is 0.989. The van der Waals surface area contributed by atoms with Gasteiger partial charge < -0.3 is 20.1 Å². The van der Waals surface area contributed by atoms with Gasteiger partial charge in [-0.25, -0.2) is 0 Å². The first-order valence-electron chi connectivity index (χ1n) is 6.17. The van der Waals surface area contributed by atoms with Crippen molar-refractivity contribution in [1.29, 1.82) is 0 Å². The summed E-state index contributed by atoms with van der Waals surface area (Å²) in [5.41, 5.74) is 6.11. The van der Waals surface area contributed by atoms with Crippen molar-refractivity contribution in [3.8, 4) is 0 Å². The van der Waals surface area contributed by atoms with Crippen LogP contribution in [0.5, 0.6) is 0 Å². The summed E-state index contributed by atoms with van der Waals surface area (Å²) >= 11 is 0. The van der Waals surface area contributed by atoms with Gasteiger partial charge in [-0.2, -0.15) is 0 Å². The van der Waals surface area contributed by atoms with E-state index in [1.165, 1.54) is 0 Å². The topological polar surface area (TPSA) is 60.1 Å². The van der Waals surface area contributed by atoms with Crippen LogP contribution in [0.15, 0.2) is 4.99 Å². The maximum atomic E-state index is 5.97. The summed E-state index contributed by atoms with van der Waals surface area (Å²) in [4.78, 5) is 6.56. The molecule has 108 valence electrons. The van der Waals surface area contributed by atoms with Gasteiger partial charge in [-0.3, -0.25) is 4.99 Å². The van der Waals surface area contributed by atoms with Gasteiger partial charge in [0.05, 0.1) is 13.2 Å². The molecule has 0 spiro atoms. The van der Waals surface area contributed by atoms with Crippen molar-refractivity contribution >= 4 is 29.9 Å². The molecular formula is C12H26IN3O2. The fraction of sp³-hybridized carbons (Fsp3) is 0.917. The molecule has 1 saturated heterocycles. The van der Waals surface area contributed by atoms with Crippen molar-refractivity contribution < 1.29 is 9.47 Å². The molecule has 1 heterocycles. The Morgan fingerprint density at radius 1 is 1.39 bits per heavy atom. The van der Waals surface area contributed by atoms with E-state index < -0.39 is 0 Å². The molecule has 0 unspecified atom stereocenters. The van der Waals surface area contributed by atoms with Crippen LogP contribution < -0.4 is 5.73 Å². The van der Waals surface area contributed by atoms with Crippen LogP contribution in [0.3, 0.4) is 0 Å². The first kappa shape index (κ1) is 17.9. The van der Waals surface area contributed by atoms with Gasteiger partial charge >= 0.3 is 0 Å². The monoisotopic (exact) mass is 371 g/mol. The van der Waals surface area contributed by atoms with Crippen LogP contribution in [-0.2, 0) is 9.47 Å². The summed E-state index contributed by atoms with van der Waals surface area (Å²) in [5.74, 6) is 0.638. The van der Waals surface area contributed by atoms with Crippen molar-refractivity contribution in [2.75, 3.05) is 46.6 Å². The summed E-state index contributed by atoms with van der Waals surface area (Å²) in [5, 5.41) is 0. The van der Waals surface area contributed by atoms with E-state index in [-0.39, 0.29) is 29.4 Å². The number of nitrogens with two attached hydrogens (primary N) is 1. The van der Waals surface area contributed by atoms with E-state index in [2.05, 4.69) is 23.7 Å². The van der Waals surface area contributed by atoms with E-state index in [1.54, 1.807) is 7.11 Å². The maximum absolute atomic E-state index is 5.97. The Hall–Kier alpha value is -0.0800. The van der Waals surface area contributed by atoms with E-state index in [9.17, 15) is 0 Å². The molecule has 1 aliphatic rings. The molecule has 18 heavy (non-hydrogen) atoms. The van der Waals surface area contributed by atoms with Crippen molar-refractivity contribution in [1.82, 2.24) is 4.90 Å². The van der Waals surface area contributed by atoms with Crippen LogP contribution in [0.1, 0.15) is 20.3 Å². The Kier molecular flexibility index (Phi) is 8.89. The Balaban J connectivity index is 0.00000289. The number of morpholine rings is 1. The molecule has 0 atom stereocenters. The number of guanidine groups is 1. The van der Waals surface area contributed by atoms with Gasteiger partial charge in [0, 0.05) is 33.4 Å². The molecular weight excluding hydrogens is 345 g/mol. The molecule has 0 amide bonds. The predicted octanol–water partition coefficient (Wildman–Crippen LogP) is 1.31. The number of hydrogen-bond donors (Lipinski definition) is 1. The second-order valence-electron chi connectivity index (χ2n) is 5.18. The normalized spacial score (nSPS) is 17.5. The minimum Gasteiger partial charge on any atom is -0.385 e. The number of aliphatic imine (C=N–C) groups is 1. The molecule has 1 aliphatic heterocycles. The lowest BCUT2D eigenvalue weighted by atomic mass is 9.90. The quantitative estimate of drug-likeness (QED) is 0.450. The third-order valence-electron chi connectivity index (χ3n) is 2.99. The lowest BCUT2D eigenvalue weighted by Gasteiger charge is -2.29. The lowest BCUT2D eigenvalue weighted by Crippen LogP contribution is -2.45. The number of nitrogens with zero attached hydrogens (tertiary/aromatic N) is 2. The molecule has 0 aromatic carbocycles. The Morgan fingerprint density at radius 2 is 2.00 bits per heavy atom. The van der Waals surface area contributed by atoms with Crippen molar-refractivity contribution in [2.45, 2.75) is 20.3 Å². The van der Waals surface area contributed by atoms with Gasteiger partial charge in [-0.1, -0.05) is 13.8 Å². The molecule has 0 radical (unpaired) electrons. The average Bonchev–Trinajstić information content (AvgIpc) is 2.35. The van der Waals surface area contributed by atoms with Crippen LogP contribution in [0.25, 0.3) is 0 Å². The second kappa shape index (κ2) is 8.92. The highest BCUT2D eigenvalue weighted by Crippen LogP contribution is 2.20. The van der Waals surface area contributed by atoms with E-state index in [4.69, 9.17) is 15.2 Å². The number of rotatable bonds is 5. The van der Waals surface area contributed by atoms with Crippen LogP contribution in [0.2, 0.25) is 0 Å². The minimum absolute atomic E-state index is 0. The molecule has 0 aromatic rings. The third-order valence-corrected chi connectivity index (χ3v) is 2.99. The highest BCUT2D eigenvalue weighted by atomic mass is 127. The summed E-state index contributed by atoms with van der Waals surface area (Å²) in [6, 6.07) is 0. The third kappa shape index (κ3) is 6.75. The van der Waals surface area contributed by atoms with E-state index in [1.807, 2.05) is 0 Å². The molecule has 0 saturated carbocycles. The Morgan fingerprint density at radius 3 is 2.56 bits per heavy atom.